The molecule has 3 rings (SSSR count). The van der Waals surface area contributed by atoms with Gasteiger partial charge in [0.15, 0.2) is 0 Å². The molecule has 0 aliphatic carbocycles. The standard InChI is InChI=1S/C20H16N2O6S/c21-19(23)14-2-1-3-17(12-14)28-16-8-6-15(7-9-16)22-29(26,27)18-10-4-13(5-11-18)20(24)25/h1-12,22H,(H2,21,23)(H,24,25). The zero-order valence-electron chi connectivity index (χ0n) is 14.9. The average molecular weight is 412 g/mol. The van der Waals surface area contributed by atoms with Gasteiger partial charge in [-0.05, 0) is 66.7 Å². The first-order valence-electron chi connectivity index (χ1n) is 8.28. The minimum Gasteiger partial charge on any atom is -0.478 e. The van der Waals surface area contributed by atoms with Gasteiger partial charge >= 0.3 is 5.97 Å². The number of ether oxygens (including phenoxy) is 1. The summed E-state index contributed by atoms with van der Waals surface area (Å²) in [5.74, 6) is -0.871. The van der Waals surface area contributed by atoms with E-state index in [4.69, 9.17) is 15.6 Å². The highest BCUT2D eigenvalue weighted by Gasteiger charge is 2.15. The lowest BCUT2D eigenvalue weighted by Crippen LogP contribution is -2.13. The third kappa shape index (κ3) is 4.90. The molecule has 0 radical (unpaired) electrons. The molecule has 148 valence electrons. The summed E-state index contributed by atoms with van der Waals surface area (Å²) >= 11 is 0. The summed E-state index contributed by atoms with van der Waals surface area (Å²) in [6.07, 6.45) is 0. The topological polar surface area (TPSA) is 136 Å². The first-order chi connectivity index (χ1) is 13.7. The van der Waals surface area contributed by atoms with Crippen LogP contribution in [0, 0.1) is 0 Å². The molecule has 0 fully saturated rings. The molecule has 8 nitrogen and oxygen atoms in total. The van der Waals surface area contributed by atoms with E-state index in [9.17, 15) is 18.0 Å². The number of carbonyl (C=O) groups is 2. The van der Waals surface area contributed by atoms with E-state index in [1.54, 1.807) is 30.3 Å². The minimum atomic E-state index is -3.88. The number of hydrogen-bond donors (Lipinski definition) is 3. The van der Waals surface area contributed by atoms with Crippen molar-refractivity contribution in [2.24, 2.45) is 5.73 Å². The Bertz CT molecular complexity index is 1160. The second-order valence-electron chi connectivity index (χ2n) is 5.95. The Labute approximate surface area is 166 Å². The van der Waals surface area contributed by atoms with Crippen molar-refractivity contribution in [2.45, 2.75) is 4.90 Å². The molecule has 29 heavy (non-hydrogen) atoms. The SMILES string of the molecule is NC(=O)c1cccc(Oc2ccc(NS(=O)(=O)c3ccc(C(=O)O)cc3)cc2)c1. The molecular formula is C20H16N2O6S. The summed E-state index contributed by atoms with van der Waals surface area (Å²) in [7, 11) is -3.88. The highest BCUT2D eigenvalue weighted by molar-refractivity contribution is 7.92. The average Bonchev–Trinajstić information content (AvgIpc) is 2.69. The zero-order valence-corrected chi connectivity index (χ0v) is 15.7. The Morgan fingerprint density at radius 3 is 2.10 bits per heavy atom. The maximum atomic E-state index is 12.4. The summed E-state index contributed by atoms with van der Waals surface area (Å²) in [6.45, 7) is 0. The molecule has 0 saturated carbocycles. The number of hydrogen-bond acceptors (Lipinski definition) is 5. The highest BCUT2D eigenvalue weighted by atomic mass is 32.2. The van der Waals surface area contributed by atoms with Gasteiger partial charge in [-0.25, -0.2) is 13.2 Å². The second-order valence-corrected chi connectivity index (χ2v) is 7.64. The van der Waals surface area contributed by atoms with Crippen molar-refractivity contribution in [3.05, 3.63) is 83.9 Å². The van der Waals surface area contributed by atoms with Gasteiger partial charge in [0, 0.05) is 11.3 Å². The van der Waals surface area contributed by atoms with Crippen molar-refractivity contribution >= 4 is 27.6 Å². The van der Waals surface area contributed by atoms with Gasteiger partial charge in [-0.2, -0.15) is 0 Å². The van der Waals surface area contributed by atoms with Gasteiger partial charge in [0.05, 0.1) is 10.5 Å². The molecule has 9 heteroatoms. The first kappa shape index (κ1) is 19.9. The lowest BCUT2D eigenvalue weighted by Gasteiger charge is -2.10. The number of amides is 1. The lowest BCUT2D eigenvalue weighted by molar-refractivity contribution is 0.0696. The Morgan fingerprint density at radius 2 is 1.52 bits per heavy atom. The quantitative estimate of drug-likeness (QED) is 0.546. The molecule has 1 amide bonds. The van der Waals surface area contributed by atoms with E-state index in [-0.39, 0.29) is 10.5 Å². The van der Waals surface area contributed by atoms with Crippen LogP contribution in [0.2, 0.25) is 0 Å². The van der Waals surface area contributed by atoms with Crippen molar-refractivity contribution in [1.82, 2.24) is 0 Å². The van der Waals surface area contributed by atoms with E-state index in [0.29, 0.717) is 22.7 Å². The van der Waals surface area contributed by atoms with Gasteiger partial charge in [0.2, 0.25) is 5.91 Å². The fourth-order valence-corrected chi connectivity index (χ4v) is 3.49. The number of aromatic carboxylic acids is 1. The van der Waals surface area contributed by atoms with Crippen LogP contribution in [0.15, 0.2) is 77.7 Å². The maximum Gasteiger partial charge on any atom is 0.335 e. The largest absolute Gasteiger partial charge is 0.478 e. The molecule has 0 unspecified atom stereocenters. The van der Waals surface area contributed by atoms with Crippen LogP contribution in [0.4, 0.5) is 5.69 Å². The number of anilines is 1. The van der Waals surface area contributed by atoms with E-state index >= 15 is 0 Å². The number of nitrogens with two attached hydrogens (primary N) is 1. The number of nitrogens with one attached hydrogen (secondary N) is 1. The van der Waals surface area contributed by atoms with Gasteiger partial charge in [0.25, 0.3) is 10.0 Å². The van der Waals surface area contributed by atoms with Crippen LogP contribution in [0.5, 0.6) is 11.5 Å². The van der Waals surface area contributed by atoms with Crippen LogP contribution in [0.3, 0.4) is 0 Å². The Kier molecular flexibility index (Phi) is 5.51. The van der Waals surface area contributed by atoms with E-state index < -0.39 is 21.9 Å². The highest BCUT2D eigenvalue weighted by Crippen LogP contribution is 2.25. The number of benzene rings is 3. The third-order valence-corrected chi connectivity index (χ3v) is 5.27. The van der Waals surface area contributed by atoms with E-state index in [1.165, 1.54) is 42.5 Å². The summed E-state index contributed by atoms with van der Waals surface area (Å²) < 4.78 is 32.9. The van der Waals surface area contributed by atoms with Crippen molar-refractivity contribution in [3.63, 3.8) is 0 Å². The summed E-state index contributed by atoms with van der Waals surface area (Å²) in [5.41, 5.74) is 5.83. The van der Waals surface area contributed by atoms with Crippen molar-refractivity contribution in [2.75, 3.05) is 4.72 Å². The summed E-state index contributed by atoms with van der Waals surface area (Å²) in [6, 6.07) is 17.4. The van der Waals surface area contributed by atoms with Gasteiger partial charge in [0.1, 0.15) is 11.5 Å². The minimum absolute atomic E-state index is 0.00847. The lowest BCUT2D eigenvalue weighted by atomic mass is 10.2. The Morgan fingerprint density at radius 1 is 0.862 bits per heavy atom. The Hall–Kier alpha value is -3.85. The number of carboxylic acids is 1. The molecule has 3 aromatic carbocycles. The second kappa shape index (κ2) is 8.03. The molecule has 0 spiro atoms. The van der Waals surface area contributed by atoms with Gasteiger partial charge < -0.3 is 15.6 Å². The molecular weight excluding hydrogens is 396 g/mol. The zero-order chi connectivity index (χ0) is 21.0. The number of carboxylic acid groups (broad SMARTS) is 1. The van der Waals surface area contributed by atoms with Crippen LogP contribution >= 0.6 is 0 Å². The van der Waals surface area contributed by atoms with Gasteiger partial charge in [-0.3, -0.25) is 9.52 Å². The Balaban J connectivity index is 1.72. The van der Waals surface area contributed by atoms with Crippen LogP contribution < -0.4 is 15.2 Å². The molecule has 4 N–H and O–H groups in total. The predicted octanol–water partition coefficient (Wildman–Crippen LogP) is 3.08. The van der Waals surface area contributed by atoms with Gasteiger partial charge in [-0.15, -0.1) is 0 Å². The first-order valence-corrected chi connectivity index (χ1v) is 9.77. The van der Waals surface area contributed by atoms with E-state index in [0.717, 1.165) is 0 Å². The van der Waals surface area contributed by atoms with Crippen LogP contribution in [0.1, 0.15) is 20.7 Å². The molecule has 0 atom stereocenters. The fourth-order valence-electron chi connectivity index (χ4n) is 2.43. The van der Waals surface area contributed by atoms with Crippen LogP contribution in [-0.4, -0.2) is 25.4 Å². The summed E-state index contributed by atoms with van der Waals surface area (Å²) in [4.78, 5) is 22.0. The number of sulfonamides is 1. The van der Waals surface area contributed by atoms with Crippen molar-refractivity contribution < 1.29 is 27.9 Å². The predicted molar refractivity (Wildman–Crippen MR) is 106 cm³/mol. The molecule has 0 aliphatic rings. The van der Waals surface area contributed by atoms with Crippen LogP contribution in [-0.2, 0) is 10.0 Å². The molecule has 3 aromatic rings. The van der Waals surface area contributed by atoms with Crippen molar-refractivity contribution in [1.29, 1.82) is 0 Å². The summed E-state index contributed by atoms with van der Waals surface area (Å²) in [5, 5.41) is 8.89. The van der Waals surface area contributed by atoms with Gasteiger partial charge in [-0.1, -0.05) is 6.07 Å². The third-order valence-electron chi connectivity index (χ3n) is 3.87. The van der Waals surface area contributed by atoms with Crippen LogP contribution in [0.25, 0.3) is 0 Å². The normalized spacial score (nSPS) is 10.9. The van der Waals surface area contributed by atoms with E-state index in [1.807, 2.05) is 0 Å². The molecule has 0 bridgehead atoms. The van der Waals surface area contributed by atoms with Crippen molar-refractivity contribution in [3.8, 4) is 11.5 Å². The molecule has 0 saturated heterocycles. The number of primary amides is 1. The fraction of sp³-hybridized carbons (Fsp3) is 0. The molecule has 0 heterocycles. The van der Waals surface area contributed by atoms with E-state index in [2.05, 4.69) is 4.72 Å². The maximum absolute atomic E-state index is 12.4. The number of carbonyl (C=O) groups excluding carboxylic acids is 1. The number of rotatable bonds is 7. The smallest absolute Gasteiger partial charge is 0.335 e. The monoisotopic (exact) mass is 412 g/mol. The molecule has 0 aliphatic heterocycles. The molecule has 0 aromatic heterocycles.